The first kappa shape index (κ1) is 12.9. The van der Waals surface area contributed by atoms with E-state index in [2.05, 4.69) is 10.2 Å². The normalized spacial score (nSPS) is 28.1. The molecule has 1 aliphatic carbocycles. The van der Waals surface area contributed by atoms with E-state index in [0.717, 1.165) is 18.2 Å². The van der Waals surface area contributed by atoms with Crippen LogP contribution >= 0.6 is 0 Å². The first-order valence-corrected chi connectivity index (χ1v) is 8.00. The topological polar surface area (TPSA) is 49.4 Å². The van der Waals surface area contributed by atoms with Crippen LogP contribution in [-0.2, 0) is 4.79 Å². The summed E-state index contributed by atoms with van der Waals surface area (Å²) in [5.41, 5.74) is 2.35. The molecule has 1 saturated heterocycles. The summed E-state index contributed by atoms with van der Waals surface area (Å²) >= 11 is 0. The van der Waals surface area contributed by atoms with Crippen molar-refractivity contribution in [3.63, 3.8) is 0 Å². The fourth-order valence-electron chi connectivity index (χ4n) is 4.26. The van der Waals surface area contributed by atoms with Crippen molar-refractivity contribution < 1.29 is 9.59 Å². The molecule has 4 nitrogen and oxygen atoms in total. The van der Waals surface area contributed by atoms with E-state index in [-0.39, 0.29) is 0 Å². The predicted octanol–water partition coefficient (Wildman–Crippen LogP) is 2.98. The van der Waals surface area contributed by atoms with Gasteiger partial charge in [-0.15, -0.1) is 0 Å². The molecule has 1 saturated carbocycles. The Balaban J connectivity index is 1.66. The van der Waals surface area contributed by atoms with E-state index in [0.29, 0.717) is 17.3 Å². The quantitative estimate of drug-likeness (QED) is 0.807. The fraction of sp³-hybridized carbons (Fsp3) is 0.529. The number of amides is 1. The third-order valence-electron chi connectivity index (χ3n) is 5.28. The van der Waals surface area contributed by atoms with Crippen molar-refractivity contribution in [1.82, 2.24) is 0 Å². The molecule has 3 aliphatic rings. The lowest BCUT2D eigenvalue weighted by Gasteiger charge is -2.45. The van der Waals surface area contributed by atoms with Crippen LogP contribution in [0, 0.1) is 5.92 Å². The molecule has 1 aromatic carbocycles. The standard InChI is InChI=1S/C17H20N2O2/c20-16-13-8-7-12(10-14(13)18-17(16)21)19-9-3-5-11-4-1-2-6-15(11)19/h7-8,10-11,15H,1-6,9H2,(H,18,20,21). The van der Waals surface area contributed by atoms with Crippen LogP contribution < -0.4 is 10.2 Å². The van der Waals surface area contributed by atoms with Crippen molar-refractivity contribution in [3.05, 3.63) is 23.8 Å². The molecule has 2 heterocycles. The summed E-state index contributed by atoms with van der Waals surface area (Å²) in [6, 6.07) is 6.43. The highest BCUT2D eigenvalue weighted by molar-refractivity contribution is 6.51. The van der Waals surface area contributed by atoms with Crippen molar-refractivity contribution in [3.8, 4) is 0 Å². The Kier molecular flexibility index (Phi) is 2.98. The second-order valence-electron chi connectivity index (χ2n) is 6.46. The van der Waals surface area contributed by atoms with Gasteiger partial charge in [-0.1, -0.05) is 12.8 Å². The lowest BCUT2D eigenvalue weighted by Crippen LogP contribution is -2.46. The number of anilines is 2. The van der Waals surface area contributed by atoms with Crippen molar-refractivity contribution in [2.75, 3.05) is 16.8 Å². The molecule has 0 aromatic heterocycles. The van der Waals surface area contributed by atoms with Gasteiger partial charge < -0.3 is 10.2 Å². The van der Waals surface area contributed by atoms with E-state index in [1.807, 2.05) is 12.1 Å². The molecule has 4 rings (SSSR count). The van der Waals surface area contributed by atoms with Crippen LogP contribution in [0.2, 0.25) is 0 Å². The average Bonchev–Trinajstić information content (AvgIpc) is 2.81. The molecular weight excluding hydrogens is 264 g/mol. The minimum atomic E-state index is -0.503. The summed E-state index contributed by atoms with van der Waals surface area (Å²) in [5.74, 6) is -0.0981. The van der Waals surface area contributed by atoms with E-state index in [4.69, 9.17) is 0 Å². The van der Waals surface area contributed by atoms with Gasteiger partial charge in [0.2, 0.25) is 0 Å². The smallest absolute Gasteiger partial charge is 0.296 e. The number of fused-ring (bicyclic) bond motifs is 2. The van der Waals surface area contributed by atoms with E-state index >= 15 is 0 Å². The van der Waals surface area contributed by atoms with Gasteiger partial charge in [0, 0.05) is 18.3 Å². The monoisotopic (exact) mass is 284 g/mol. The Morgan fingerprint density at radius 2 is 1.86 bits per heavy atom. The SMILES string of the molecule is O=C1Nc2cc(N3CCCC4CCCCC43)ccc2C1=O. The number of ketones is 1. The fourth-order valence-corrected chi connectivity index (χ4v) is 4.26. The van der Waals surface area contributed by atoms with Gasteiger partial charge in [0.25, 0.3) is 11.7 Å². The Hall–Kier alpha value is -1.84. The predicted molar refractivity (Wildman–Crippen MR) is 81.7 cm³/mol. The molecule has 4 heteroatoms. The second-order valence-corrected chi connectivity index (χ2v) is 6.46. The highest BCUT2D eigenvalue weighted by atomic mass is 16.2. The van der Waals surface area contributed by atoms with Crippen LogP contribution in [0.5, 0.6) is 0 Å². The van der Waals surface area contributed by atoms with Crippen LogP contribution in [0.1, 0.15) is 48.9 Å². The maximum Gasteiger partial charge on any atom is 0.296 e. The third-order valence-corrected chi connectivity index (χ3v) is 5.28. The number of benzene rings is 1. The molecule has 1 N–H and O–H groups in total. The summed E-state index contributed by atoms with van der Waals surface area (Å²) in [7, 11) is 0. The maximum atomic E-state index is 11.7. The Morgan fingerprint density at radius 3 is 2.76 bits per heavy atom. The molecule has 0 spiro atoms. The number of carbonyl (C=O) groups is 2. The number of hydrogen-bond acceptors (Lipinski definition) is 3. The highest BCUT2D eigenvalue weighted by Gasteiger charge is 2.34. The van der Waals surface area contributed by atoms with Gasteiger partial charge in [-0.2, -0.15) is 0 Å². The summed E-state index contributed by atoms with van der Waals surface area (Å²) < 4.78 is 0. The molecule has 1 amide bonds. The summed E-state index contributed by atoms with van der Waals surface area (Å²) in [4.78, 5) is 25.7. The average molecular weight is 284 g/mol. The molecule has 0 radical (unpaired) electrons. The lowest BCUT2D eigenvalue weighted by molar-refractivity contribution is -0.112. The molecule has 110 valence electrons. The number of rotatable bonds is 1. The molecule has 2 unspecified atom stereocenters. The number of piperidine rings is 1. The molecule has 2 atom stereocenters. The van der Waals surface area contributed by atoms with Crippen molar-refractivity contribution >= 4 is 23.1 Å². The molecule has 2 fully saturated rings. The molecular formula is C17H20N2O2. The van der Waals surface area contributed by atoms with Gasteiger partial charge in [0.15, 0.2) is 0 Å². The van der Waals surface area contributed by atoms with Crippen molar-refractivity contribution in [1.29, 1.82) is 0 Å². The van der Waals surface area contributed by atoms with Gasteiger partial charge in [-0.05, 0) is 49.8 Å². The molecule has 2 aliphatic heterocycles. The summed E-state index contributed by atoms with van der Waals surface area (Å²) in [6.07, 6.45) is 7.89. The maximum absolute atomic E-state index is 11.7. The minimum absolute atomic E-state index is 0.411. The highest BCUT2D eigenvalue weighted by Crippen LogP contribution is 2.39. The van der Waals surface area contributed by atoms with Crippen LogP contribution in [0.15, 0.2) is 18.2 Å². The van der Waals surface area contributed by atoms with Crippen LogP contribution in [0.25, 0.3) is 0 Å². The van der Waals surface area contributed by atoms with E-state index < -0.39 is 11.7 Å². The Morgan fingerprint density at radius 1 is 1.05 bits per heavy atom. The summed E-state index contributed by atoms with van der Waals surface area (Å²) in [5, 5.41) is 2.68. The first-order chi connectivity index (χ1) is 10.2. The van der Waals surface area contributed by atoms with Crippen molar-refractivity contribution in [2.24, 2.45) is 5.92 Å². The van der Waals surface area contributed by atoms with Gasteiger partial charge in [-0.3, -0.25) is 9.59 Å². The Bertz CT molecular complexity index is 609. The summed E-state index contributed by atoms with van der Waals surface area (Å²) in [6.45, 7) is 1.09. The van der Waals surface area contributed by atoms with Crippen LogP contribution in [0.3, 0.4) is 0 Å². The van der Waals surface area contributed by atoms with E-state index in [1.165, 1.54) is 38.5 Å². The number of Topliss-reactive ketones (excluding diaryl/α,β-unsaturated/α-hetero) is 1. The Labute approximate surface area is 124 Å². The third kappa shape index (κ3) is 2.04. The first-order valence-electron chi connectivity index (χ1n) is 8.00. The lowest BCUT2D eigenvalue weighted by atomic mass is 9.78. The van der Waals surface area contributed by atoms with Crippen LogP contribution in [-0.4, -0.2) is 24.3 Å². The number of hydrogen-bond donors (Lipinski definition) is 1. The number of carbonyl (C=O) groups excluding carboxylic acids is 2. The van der Waals surface area contributed by atoms with Gasteiger partial charge in [-0.25, -0.2) is 0 Å². The minimum Gasteiger partial charge on any atom is -0.368 e. The zero-order chi connectivity index (χ0) is 14.4. The zero-order valence-corrected chi connectivity index (χ0v) is 12.1. The number of nitrogens with one attached hydrogen (secondary N) is 1. The van der Waals surface area contributed by atoms with Gasteiger partial charge in [0.05, 0.1) is 11.3 Å². The molecule has 0 bridgehead atoms. The van der Waals surface area contributed by atoms with Gasteiger partial charge >= 0.3 is 0 Å². The van der Waals surface area contributed by atoms with E-state index in [9.17, 15) is 9.59 Å². The largest absolute Gasteiger partial charge is 0.368 e. The second kappa shape index (κ2) is 4.86. The number of nitrogens with zero attached hydrogens (tertiary/aromatic N) is 1. The van der Waals surface area contributed by atoms with Crippen LogP contribution in [0.4, 0.5) is 11.4 Å². The van der Waals surface area contributed by atoms with E-state index in [1.54, 1.807) is 6.07 Å². The van der Waals surface area contributed by atoms with Crippen molar-refractivity contribution in [2.45, 2.75) is 44.6 Å². The van der Waals surface area contributed by atoms with Gasteiger partial charge in [0.1, 0.15) is 0 Å². The molecule has 1 aromatic rings. The molecule has 21 heavy (non-hydrogen) atoms. The zero-order valence-electron chi connectivity index (χ0n) is 12.1.